The molecule has 1 fully saturated rings. The Kier molecular flexibility index (Phi) is 5.64. The fourth-order valence-corrected chi connectivity index (χ4v) is 3.50. The topological polar surface area (TPSA) is 66.2 Å². The smallest absolute Gasteiger partial charge is 0.167 e. The van der Waals surface area contributed by atoms with E-state index in [1.54, 1.807) is 12.1 Å². The van der Waals surface area contributed by atoms with Crippen molar-refractivity contribution in [1.29, 1.82) is 5.26 Å². The third kappa shape index (κ3) is 4.18. The van der Waals surface area contributed by atoms with Gasteiger partial charge in [0, 0.05) is 30.6 Å². The van der Waals surface area contributed by atoms with Gasteiger partial charge in [0.2, 0.25) is 0 Å². The van der Waals surface area contributed by atoms with Crippen LogP contribution in [0.5, 0.6) is 0 Å². The highest BCUT2D eigenvalue weighted by molar-refractivity contribution is 5.98. The number of rotatable bonds is 5. The van der Waals surface area contributed by atoms with Gasteiger partial charge in [0.1, 0.15) is 11.9 Å². The average molecular weight is 383 g/mol. The van der Waals surface area contributed by atoms with Crippen molar-refractivity contribution in [2.24, 2.45) is 0 Å². The number of nitrogens with zero attached hydrogens (tertiary/aromatic N) is 3. The van der Waals surface area contributed by atoms with Gasteiger partial charge in [0.25, 0.3) is 0 Å². The summed E-state index contributed by atoms with van der Waals surface area (Å²) in [6, 6.07) is 23.2. The van der Waals surface area contributed by atoms with Crippen molar-refractivity contribution in [3.63, 3.8) is 0 Å². The zero-order chi connectivity index (χ0) is 20.1. The number of hydrogen-bond acceptors (Lipinski definition) is 5. The summed E-state index contributed by atoms with van der Waals surface area (Å²) in [6.45, 7) is 2.54. The second kappa shape index (κ2) is 8.68. The zero-order valence-electron chi connectivity index (χ0n) is 16.0. The minimum absolute atomic E-state index is 0.0137. The zero-order valence-corrected chi connectivity index (χ0v) is 16.0. The molecule has 0 atom stereocenters. The first kappa shape index (κ1) is 18.9. The maximum atomic E-state index is 12.9. The Bertz CT molecular complexity index is 1040. The van der Waals surface area contributed by atoms with Crippen molar-refractivity contribution < 1.29 is 9.53 Å². The number of carbonyl (C=O) groups is 1. The standard InChI is InChI=1S/C24H21N3O2/c25-17-21-20(16-23(28)19-9-5-2-6-10-19)15-22(18-7-3-1-4-8-18)26-24(21)27-11-13-29-14-12-27/h1-10,15H,11-14,16H2. The third-order valence-electron chi connectivity index (χ3n) is 5.02. The molecule has 0 N–H and O–H groups in total. The maximum absolute atomic E-state index is 12.9. The molecular formula is C24H21N3O2. The number of aromatic nitrogens is 1. The van der Waals surface area contributed by atoms with E-state index in [0.717, 1.165) is 11.3 Å². The van der Waals surface area contributed by atoms with Crippen molar-refractivity contribution >= 4 is 11.6 Å². The molecule has 1 aliphatic rings. The number of pyridine rings is 1. The predicted octanol–water partition coefficient (Wildman–Crippen LogP) is 3.88. The van der Waals surface area contributed by atoms with E-state index in [2.05, 4.69) is 11.0 Å². The van der Waals surface area contributed by atoms with Gasteiger partial charge in [0.15, 0.2) is 5.78 Å². The number of Topliss-reactive ketones (excluding diaryl/α,β-unsaturated/α-hetero) is 1. The van der Waals surface area contributed by atoms with Gasteiger partial charge in [-0.15, -0.1) is 0 Å². The van der Waals surface area contributed by atoms with Crippen LogP contribution in [0.4, 0.5) is 5.82 Å². The molecule has 1 aromatic heterocycles. The van der Waals surface area contributed by atoms with Crippen molar-refractivity contribution in [2.45, 2.75) is 6.42 Å². The number of carbonyl (C=O) groups excluding carboxylic acids is 1. The van der Waals surface area contributed by atoms with Crippen LogP contribution in [-0.4, -0.2) is 37.1 Å². The molecule has 4 rings (SSSR count). The number of anilines is 1. The van der Waals surface area contributed by atoms with Crippen LogP contribution in [0.15, 0.2) is 66.7 Å². The summed E-state index contributed by atoms with van der Waals surface area (Å²) in [5.41, 5.74) is 3.54. The largest absolute Gasteiger partial charge is 0.378 e. The number of ether oxygens (including phenoxy) is 1. The van der Waals surface area contributed by atoms with E-state index in [1.807, 2.05) is 54.6 Å². The van der Waals surface area contributed by atoms with Crippen molar-refractivity contribution in [3.8, 4) is 17.3 Å². The van der Waals surface area contributed by atoms with Crippen LogP contribution in [0.3, 0.4) is 0 Å². The summed E-state index contributed by atoms with van der Waals surface area (Å²) >= 11 is 0. The molecule has 2 aromatic carbocycles. The molecule has 0 saturated carbocycles. The van der Waals surface area contributed by atoms with Crippen LogP contribution in [0.25, 0.3) is 11.3 Å². The Hall–Kier alpha value is -3.49. The molecule has 1 saturated heterocycles. The predicted molar refractivity (Wildman–Crippen MR) is 112 cm³/mol. The lowest BCUT2D eigenvalue weighted by Gasteiger charge is -2.29. The highest BCUT2D eigenvalue weighted by Gasteiger charge is 2.22. The molecule has 0 spiro atoms. The SMILES string of the molecule is N#Cc1c(CC(=O)c2ccccc2)cc(-c2ccccc2)nc1N1CCOCC1. The van der Waals surface area contributed by atoms with Gasteiger partial charge in [-0.25, -0.2) is 4.98 Å². The van der Waals surface area contributed by atoms with Gasteiger partial charge in [0.05, 0.1) is 24.5 Å². The highest BCUT2D eigenvalue weighted by atomic mass is 16.5. The van der Waals surface area contributed by atoms with Gasteiger partial charge < -0.3 is 9.64 Å². The number of nitriles is 1. The van der Waals surface area contributed by atoms with Crippen LogP contribution in [0.1, 0.15) is 21.5 Å². The molecule has 0 bridgehead atoms. The van der Waals surface area contributed by atoms with Crippen LogP contribution in [0.2, 0.25) is 0 Å². The number of hydrogen-bond donors (Lipinski definition) is 0. The van der Waals surface area contributed by atoms with E-state index in [9.17, 15) is 10.1 Å². The molecule has 29 heavy (non-hydrogen) atoms. The summed E-state index contributed by atoms with van der Waals surface area (Å²) < 4.78 is 5.46. The summed E-state index contributed by atoms with van der Waals surface area (Å²) in [6.07, 6.45) is 0.159. The van der Waals surface area contributed by atoms with E-state index >= 15 is 0 Å². The molecule has 144 valence electrons. The number of ketones is 1. The Labute approximate surface area is 170 Å². The molecule has 3 aromatic rings. The van der Waals surface area contributed by atoms with E-state index in [-0.39, 0.29) is 12.2 Å². The second-order valence-corrected chi connectivity index (χ2v) is 6.91. The van der Waals surface area contributed by atoms with Crippen molar-refractivity contribution in [2.75, 3.05) is 31.2 Å². The first-order valence-corrected chi connectivity index (χ1v) is 9.66. The maximum Gasteiger partial charge on any atom is 0.167 e. The highest BCUT2D eigenvalue weighted by Crippen LogP contribution is 2.29. The van der Waals surface area contributed by atoms with Crippen molar-refractivity contribution in [1.82, 2.24) is 4.98 Å². The quantitative estimate of drug-likeness (QED) is 0.626. The first-order valence-electron chi connectivity index (χ1n) is 9.66. The Morgan fingerprint density at radius 1 is 1.03 bits per heavy atom. The number of benzene rings is 2. The fourth-order valence-electron chi connectivity index (χ4n) is 3.50. The fraction of sp³-hybridized carbons (Fsp3) is 0.208. The molecule has 0 unspecified atom stereocenters. The van der Waals surface area contributed by atoms with Crippen LogP contribution in [-0.2, 0) is 11.2 Å². The third-order valence-corrected chi connectivity index (χ3v) is 5.02. The lowest BCUT2D eigenvalue weighted by atomic mass is 9.97. The minimum Gasteiger partial charge on any atom is -0.378 e. The van der Waals surface area contributed by atoms with E-state index in [4.69, 9.17) is 9.72 Å². The van der Waals surface area contributed by atoms with Crippen LogP contribution >= 0.6 is 0 Å². The molecule has 2 heterocycles. The van der Waals surface area contributed by atoms with E-state index in [0.29, 0.717) is 48.8 Å². The van der Waals surface area contributed by atoms with Crippen LogP contribution < -0.4 is 4.90 Å². The van der Waals surface area contributed by atoms with Gasteiger partial charge in [-0.1, -0.05) is 60.7 Å². The minimum atomic E-state index is -0.0137. The summed E-state index contributed by atoms with van der Waals surface area (Å²) in [5.74, 6) is 0.619. The first-order chi connectivity index (χ1) is 14.3. The molecule has 1 aliphatic heterocycles. The number of morpholine rings is 1. The lowest BCUT2D eigenvalue weighted by Crippen LogP contribution is -2.37. The molecule has 5 heteroatoms. The summed E-state index contributed by atoms with van der Waals surface area (Å²) in [4.78, 5) is 19.7. The Morgan fingerprint density at radius 2 is 1.69 bits per heavy atom. The Morgan fingerprint density at radius 3 is 2.34 bits per heavy atom. The summed E-state index contributed by atoms with van der Waals surface area (Å²) in [7, 11) is 0. The monoisotopic (exact) mass is 383 g/mol. The molecule has 0 amide bonds. The second-order valence-electron chi connectivity index (χ2n) is 6.91. The molecule has 5 nitrogen and oxygen atoms in total. The van der Waals surface area contributed by atoms with E-state index < -0.39 is 0 Å². The Balaban J connectivity index is 1.79. The lowest BCUT2D eigenvalue weighted by molar-refractivity contribution is 0.0993. The normalized spacial score (nSPS) is 13.7. The molecule has 0 radical (unpaired) electrons. The van der Waals surface area contributed by atoms with Gasteiger partial charge in [-0.3, -0.25) is 4.79 Å². The van der Waals surface area contributed by atoms with Gasteiger partial charge >= 0.3 is 0 Å². The molecular weight excluding hydrogens is 362 g/mol. The van der Waals surface area contributed by atoms with E-state index in [1.165, 1.54) is 0 Å². The van der Waals surface area contributed by atoms with Gasteiger partial charge in [-0.2, -0.15) is 5.26 Å². The van der Waals surface area contributed by atoms with Crippen LogP contribution in [0, 0.1) is 11.3 Å². The summed E-state index contributed by atoms with van der Waals surface area (Å²) in [5, 5.41) is 9.92. The average Bonchev–Trinajstić information content (AvgIpc) is 2.80. The molecule has 0 aliphatic carbocycles. The van der Waals surface area contributed by atoms with Crippen molar-refractivity contribution in [3.05, 3.63) is 83.4 Å². The van der Waals surface area contributed by atoms with Gasteiger partial charge in [-0.05, 0) is 11.6 Å².